The van der Waals surface area contributed by atoms with Gasteiger partial charge in [0.25, 0.3) is 0 Å². The van der Waals surface area contributed by atoms with Crippen LogP contribution in [0.5, 0.6) is 5.75 Å². The van der Waals surface area contributed by atoms with Gasteiger partial charge in [-0.05, 0) is 28.1 Å². The molecule has 0 spiro atoms. The topological polar surface area (TPSA) is 29.5 Å². The third kappa shape index (κ3) is 2.43. The van der Waals surface area contributed by atoms with Gasteiger partial charge in [-0.1, -0.05) is 11.6 Å². The van der Waals surface area contributed by atoms with Gasteiger partial charge >= 0.3 is 0 Å². The predicted molar refractivity (Wildman–Crippen MR) is 72.0 cm³/mol. The summed E-state index contributed by atoms with van der Waals surface area (Å²) < 4.78 is 5.92. The van der Waals surface area contributed by atoms with Crippen molar-refractivity contribution in [2.75, 3.05) is 7.11 Å². The molecule has 0 amide bonds. The number of methoxy groups -OCH3 is 1. The molecule has 2 aromatic heterocycles. The van der Waals surface area contributed by atoms with Crippen molar-refractivity contribution in [2.24, 2.45) is 0 Å². The summed E-state index contributed by atoms with van der Waals surface area (Å²) in [5, 5.41) is 12.6. The van der Waals surface area contributed by atoms with Crippen LogP contribution < -0.4 is 4.74 Å². The second-order valence-electron chi connectivity index (χ2n) is 3.06. The molecule has 0 aromatic carbocycles. The van der Waals surface area contributed by atoms with Gasteiger partial charge in [-0.3, -0.25) is 0 Å². The normalized spacial score (nSPS) is 12.8. The van der Waals surface area contributed by atoms with Gasteiger partial charge in [0.2, 0.25) is 0 Å². The zero-order chi connectivity index (χ0) is 11.7. The highest BCUT2D eigenvalue weighted by Gasteiger charge is 2.17. The first-order chi connectivity index (χ1) is 7.61. The Morgan fingerprint density at radius 1 is 1.44 bits per heavy atom. The van der Waals surface area contributed by atoms with E-state index in [1.54, 1.807) is 13.2 Å². The van der Waals surface area contributed by atoms with Crippen molar-refractivity contribution in [1.82, 2.24) is 0 Å². The first-order valence-electron chi connectivity index (χ1n) is 4.37. The summed E-state index contributed by atoms with van der Waals surface area (Å²) in [7, 11) is 1.61. The molecule has 2 aromatic rings. The van der Waals surface area contributed by atoms with Gasteiger partial charge in [0.05, 0.1) is 15.9 Å². The van der Waals surface area contributed by atoms with Crippen LogP contribution in [0.3, 0.4) is 0 Å². The van der Waals surface area contributed by atoms with Crippen molar-refractivity contribution in [2.45, 2.75) is 6.10 Å². The first kappa shape index (κ1) is 12.4. The molecule has 0 fully saturated rings. The average molecular weight is 340 g/mol. The molecule has 1 unspecified atom stereocenters. The van der Waals surface area contributed by atoms with Crippen molar-refractivity contribution in [3.05, 3.63) is 36.1 Å². The van der Waals surface area contributed by atoms with Crippen molar-refractivity contribution >= 4 is 50.2 Å². The van der Waals surface area contributed by atoms with E-state index in [-0.39, 0.29) is 0 Å². The lowest BCUT2D eigenvalue weighted by Crippen LogP contribution is -1.92. The summed E-state index contributed by atoms with van der Waals surface area (Å²) in [5.41, 5.74) is 0. The highest BCUT2D eigenvalue weighted by atomic mass is 79.9. The Morgan fingerprint density at radius 2 is 2.19 bits per heavy atom. The molecule has 0 saturated heterocycles. The Hall–Kier alpha value is -0.0700. The van der Waals surface area contributed by atoms with Crippen LogP contribution >= 0.6 is 50.2 Å². The Kier molecular flexibility index (Phi) is 3.92. The maximum Gasteiger partial charge on any atom is 0.129 e. The molecule has 1 atom stereocenters. The molecule has 16 heavy (non-hydrogen) atoms. The van der Waals surface area contributed by atoms with E-state index in [0.29, 0.717) is 5.02 Å². The summed E-state index contributed by atoms with van der Waals surface area (Å²) in [4.78, 5) is 1.67. The van der Waals surface area contributed by atoms with Crippen molar-refractivity contribution < 1.29 is 9.84 Å². The predicted octanol–water partition coefficient (Wildman–Crippen LogP) is 4.32. The van der Waals surface area contributed by atoms with Gasteiger partial charge in [0.1, 0.15) is 11.9 Å². The summed E-state index contributed by atoms with van der Waals surface area (Å²) in [6, 6.07) is 3.60. The molecule has 86 valence electrons. The van der Waals surface area contributed by atoms with Crippen LogP contribution in [0.1, 0.15) is 15.9 Å². The molecular weight excluding hydrogens is 332 g/mol. The molecule has 2 rings (SSSR count). The molecule has 2 heterocycles. The van der Waals surface area contributed by atoms with Crippen LogP contribution in [0, 0.1) is 0 Å². The van der Waals surface area contributed by atoms with Crippen LogP contribution in [0.15, 0.2) is 21.3 Å². The third-order valence-corrected chi connectivity index (χ3v) is 5.53. The molecule has 0 bridgehead atoms. The SMILES string of the molecule is COc1csc(C(O)c2cc(Cl)c(Br)s2)c1. The molecule has 0 radical (unpaired) electrons. The van der Waals surface area contributed by atoms with E-state index < -0.39 is 6.10 Å². The number of ether oxygens (including phenoxy) is 1. The van der Waals surface area contributed by atoms with Gasteiger partial charge in [-0.2, -0.15) is 0 Å². The summed E-state index contributed by atoms with van der Waals surface area (Å²) in [6.07, 6.45) is -0.636. The monoisotopic (exact) mass is 338 g/mol. The fourth-order valence-corrected chi connectivity index (χ4v) is 3.91. The number of hydrogen-bond donors (Lipinski definition) is 1. The standard InChI is InChI=1S/C10H8BrClO2S2/c1-14-5-2-7(15-4-5)9(13)8-3-6(12)10(11)16-8/h2-4,9,13H,1H3. The number of aliphatic hydroxyl groups excluding tert-OH is 1. The minimum Gasteiger partial charge on any atom is -0.496 e. The Labute approximate surface area is 115 Å². The van der Waals surface area contributed by atoms with Crippen LogP contribution in [-0.2, 0) is 0 Å². The smallest absolute Gasteiger partial charge is 0.129 e. The zero-order valence-corrected chi connectivity index (χ0v) is 12.2. The fourth-order valence-electron chi connectivity index (χ4n) is 1.22. The average Bonchev–Trinajstić information content (AvgIpc) is 2.86. The molecule has 0 aliphatic rings. The van der Waals surface area contributed by atoms with E-state index in [0.717, 1.165) is 19.3 Å². The summed E-state index contributed by atoms with van der Waals surface area (Å²) >= 11 is 12.2. The first-order valence-corrected chi connectivity index (χ1v) is 7.23. The highest BCUT2D eigenvalue weighted by Crippen LogP contribution is 2.39. The van der Waals surface area contributed by atoms with Crippen molar-refractivity contribution in [1.29, 1.82) is 0 Å². The lowest BCUT2D eigenvalue weighted by Gasteiger charge is -2.04. The molecule has 0 aliphatic heterocycles. The van der Waals surface area contributed by atoms with E-state index in [4.69, 9.17) is 16.3 Å². The van der Waals surface area contributed by atoms with E-state index in [1.807, 2.05) is 11.4 Å². The molecule has 1 N–H and O–H groups in total. The Balaban J connectivity index is 2.27. The van der Waals surface area contributed by atoms with E-state index in [2.05, 4.69) is 15.9 Å². The molecule has 6 heteroatoms. The van der Waals surface area contributed by atoms with Crippen LogP contribution in [0.2, 0.25) is 5.02 Å². The lowest BCUT2D eigenvalue weighted by molar-refractivity contribution is 0.227. The number of thiophene rings is 2. The highest BCUT2D eigenvalue weighted by molar-refractivity contribution is 9.11. The van der Waals surface area contributed by atoms with Crippen molar-refractivity contribution in [3.63, 3.8) is 0 Å². The van der Waals surface area contributed by atoms with E-state index >= 15 is 0 Å². The quantitative estimate of drug-likeness (QED) is 0.902. The van der Waals surface area contributed by atoms with Gasteiger partial charge in [0, 0.05) is 15.1 Å². The maximum atomic E-state index is 10.1. The van der Waals surface area contributed by atoms with Gasteiger partial charge in [-0.15, -0.1) is 22.7 Å². The third-order valence-electron chi connectivity index (χ3n) is 2.03. The molecular formula is C10H8BrClO2S2. The van der Waals surface area contributed by atoms with Gasteiger partial charge < -0.3 is 9.84 Å². The zero-order valence-electron chi connectivity index (χ0n) is 8.24. The summed E-state index contributed by atoms with van der Waals surface area (Å²) in [6.45, 7) is 0. The van der Waals surface area contributed by atoms with Crippen LogP contribution in [0.4, 0.5) is 0 Å². The van der Waals surface area contributed by atoms with Gasteiger partial charge in [0.15, 0.2) is 0 Å². The number of aliphatic hydroxyl groups is 1. The minimum absolute atomic E-state index is 0.627. The molecule has 2 nitrogen and oxygen atoms in total. The van der Waals surface area contributed by atoms with Crippen LogP contribution in [-0.4, -0.2) is 12.2 Å². The van der Waals surface area contributed by atoms with Gasteiger partial charge in [-0.25, -0.2) is 0 Å². The largest absolute Gasteiger partial charge is 0.496 e. The molecule has 0 aliphatic carbocycles. The number of hydrogen-bond acceptors (Lipinski definition) is 4. The molecule has 0 saturated carbocycles. The lowest BCUT2D eigenvalue weighted by atomic mass is 10.2. The fraction of sp³-hybridized carbons (Fsp3) is 0.200. The second kappa shape index (κ2) is 5.06. The Bertz CT molecular complexity index is 475. The van der Waals surface area contributed by atoms with E-state index in [9.17, 15) is 5.11 Å². The number of rotatable bonds is 3. The summed E-state index contributed by atoms with van der Waals surface area (Å²) in [5.74, 6) is 0.765. The van der Waals surface area contributed by atoms with Crippen molar-refractivity contribution in [3.8, 4) is 5.75 Å². The Morgan fingerprint density at radius 3 is 2.69 bits per heavy atom. The van der Waals surface area contributed by atoms with E-state index in [1.165, 1.54) is 22.7 Å². The van der Waals surface area contributed by atoms with Crippen LogP contribution in [0.25, 0.3) is 0 Å². The maximum absolute atomic E-state index is 10.1. The second-order valence-corrected chi connectivity index (χ2v) is 6.81. The minimum atomic E-state index is -0.636. The number of halogens is 2.